The van der Waals surface area contributed by atoms with Crippen LogP contribution in [0.25, 0.3) is 0 Å². The number of hydrogen-bond donors (Lipinski definition) is 1. The summed E-state index contributed by atoms with van der Waals surface area (Å²) in [4.78, 5) is 2.34. The first-order chi connectivity index (χ1) is 7.15. The van der Waals surface area contributed by atoms with Crippen LogP contribution in [-0.4, -0.2) is 36.6 Å². The SMILES string of the molecule is CC1CC(C#N)(NCC2CC2)CCN1C. The fourth-order valence-electron chi connectivity index (χ4n) is 2.31. The molecule has 1 aliphatic heterocycles. The van der Waals surface area contributed by atoms with Crippen molar-refractivity contribution in [3.63, 3.8) is 0 Å². The van der Waals surface area contributed by atoms with Crippen LogP contribution < -0.4 is 5.32 Å². The molecule has 1 saturated carbocycles. The Balaban J connectivity index is 1.92. The maximum atomic E-state index is 9.35. The van der Waals surface area contributed by atoms with E-state index in [1.54, 1.807) is 0 Å². The zero-order chi connectivity index (χ0) is 10.9. The molecule has 2 atom stereocenters. The first-order valence-electron chi connectivity index (χ1n) is 6.02. The molecule has 3 nitrogen and oxygen atoms in total. The molecule has 1 N–H and O–H groups in total. The molecule has 0 spiro atoms. The Morgan fingerprint density at radius 1 is 1.53 bits per heavy atom. The summed E-state index contributed by atoms with van der Waals surface area (Å²) in [5.41, 5.74) is -0.242. The highest BCUT2D eigenvalue weighted by atomic mass is 15.2. The fourth-order valence-corrected chi connectivity index (χ4v) is 2.31. The average Bonchev–Trinajstić information content (AvgIpc) is 3.04. The third-order valence-electron chi connectivity index (χ3n) is 3.93. The molecule has 0 radical (unpaired) electrons. The van der Waals surface area contributed by atoms with E-state index in [0.717, 1.165) is 31.8 Å². The summed E-state index contributed by atoms with van der Waals surface area (Å²) in [6.45, 7) is 4.29. The lowest BCUT2D eigenvalue weighted by Crippen LogP contribution is -2.55. The molecule has 0 amide bonds. The average molecular weight is 207 g/mol. The molecule has 2 aliphatic rings. The molecule has 1 heterocycles. The highest BCUT2D eigenvalue weighted by Crippen LogP contribution is 2.31. The first kappa shape index (κ1) is 10.9. The lowest BCUT2D eigenvalue weighted by Gasteiger charge is -2.40. The van der Waals surface area contributed by atoms with Gasteiger partial charge in [0.1, 0.15) is 5.54 Å². The van der Waals surface area contributed by atoms with Gasteiger partial charge in [-0.2, -0.15) is 5.26 Å². The molecule has 2 rings (SSSR count). The normalized spacial score (nSPS) is 37.5. The minimum atomic E-state index is -0.242. The molecule has 0 aromatic heterocycles. The third kappa shape index (κ3) is 2.50. The highest BCUT2D eigenvalue weighted by molar-refractivity contribution is 5.11. The molecular weight excluding hydrogens is 186 g/mol. The van der Waals surface area contributed by atoms with Gasteiger partial charge in [0.2, 0.25) is 0 Å². The molecule has 0 aromatic rings. The Kier molecular flexibility index (Phi) is 2.99. The number of rotatable bonds is 3. The predicted octanol–water partition coefficient (Wildman–Crippen LogP) is 1.36. The van der Waals surface area contributed by atoms with Gasteiger partial charge in [-0.15, -0.1) is 0 Å². The van der Waals surface area contributed by atoms with Crippen molar-refractivity contribution in [1.82, 2.24) is 10.2 Å². The first-order valence-corrected chi connectivity index (χ1v) is 6.02. The van der Waals surface area contributed by atoms with Crippen molar-refractivity contribution in [3.05, 3.63) is 0 Å². The third-order valence-corrected chi connectivity index (χ3v) is 3.93. The summed E-state index contributed by atoms with van der Waals surface area (Å²) in [6.07, 6.45) is 4.64. The van der Waals surface area contributed by atoms with E-state index in [1.165, 1.54) is 12.8 Å². The standard InChI is InChI=1S/C12H21N3/c1-10-7-12(9-13,5-6-15(10)2)14-8-11-3-4-11/h10-11,14H,3-8H2,1-2H3. The Labute approximate surface area is 92.4 Å². The van der Waals surface area contributed by atoms with Gasteiger partial charge in [0, 0.05) is 12.6 Å². The smallest absolute Gasteiger partial charge is 0.109 e. The van der Waals surface area contributed by atoms with Crippen LogP contribution in [0.2, 0.25) is 0 Å². The second-order valence-electron chi connectivity index (χ2n) is 5.30. The number of nitriles is 1. The maximum absolute atomic E-state index is 9.35. The van der Waals surface area contributed by atoms with Crippen LogP contribution in [0.4, 0.5) is 0 Å². The Bertz CT molecular complexity index is 267. The number of piperidine rings is 1. The predicted molar refractivity (Wildman–Crippen MR) is 60.4 cm³/mol. The van der Waals surface area contributed by atoms with Crippen molar-refractivity contribution < 1.29 is 0 Å². The van der Waals surface area contributed by atoms with E-state index in [9.17, 15) is 5.26 Å². The summed E-state index contributed by atoms with van der Waals surface area (Å²) in [7, 11) is 2.15. The fraction of sp³-hybridized carbons (Fsp3) is 0.917. The van der Waals surface area contributed by atoms with Gasteiger partial charge >= 0.3 is 0 Å². The summed E-state index contributed by atoms with van der Waals surface area (Å²) in [5, 5.41) is 12.9. The zero-order valence-electron chi connectivity index (χ0n) is 9.79. The summed E-state index contributed by atoms with van der Waals surface area (Å²) >= 11 is 0. The van der Waals surface area contributed by atoms with Crippen molar-refractivity contribution in [3.8, 4) is 6.07 Å². The summed E-state index contributed by atoms with van der Waals surface area (Å²) in [6, 6.07) is 3.03. The molecule has 2 fully saturated rings. The summed E-state index contributed by atoms with van der Waals surface area (Å²) in [5.74, 6) is 0.852. The Hall–Kier alpha value is -0.590. The number of nitrogens with one attached hydrogen (secondary N) is 1. The molecule has 0 bridgehead atoms. The van der Waals surface area contributed by atoms with Gasteiger partial charge in [-0.05, 0) is 52.1 Å². The molecule has 84 valence electrons. The second-order valence-corrected chi connectivity index (χ2v) is 5.30. The van der Waals surface area contributed by atoms with Crippen molar-refractivity contribution in [2.75, 3.05) is 20.1 Å². The van der Waals surface area contributed by atoms with Gasteiger partial charge in [0.05, 0.1) is 6.07 Å². The van der Waals surface area contributed by atoms with E-state index in [1.807, 2.05) is 0 Å². The lowest BCUT2D eigenvalue weighted by atomic mass is 9.85. The van der Waals surface area contributed by atoms with Gasteiger partial charge < -0.3 is 4.90 Å². The lowest BCUT2D eigenvalue weighted by molar-refractivity contribution is 0.137. The van der Waals surface area contributed by atoms with Crippen molar-refractivity contribution >= 4 is 0 Å². The van der Waals surface area contributed by atoms with Gasteiger partial charge in [0.25, 0.3) is 0 Å². The minimum absolute atomic E-state index is 0.242. The van der Waals surface area contributed by atoms with Crippen LogP contribution in [0.1, 0.15) is 32.6 Å². The van der Waals surface area contributed by atoms with Crippen molar-refractivity contribution in [1.29, 1.82) is 5.26 Å². The van der Waals surface area contributed by atoms with Gasteiger partial charge in [-0.25, -0.2) is 0 Å². The van der Waals surface area contributed by atoms with Gasteiger partial charge in [-0.1, -0.05) is 0 Å². The Morgan fingerprint density at radius 2 is 2.27 bits per heavy atom. The van der Waals surface area contributed by atoms with Crippen molar-refractivity contribution in [2.45, 2.75) is 44.2 Å². The van der Waals surface area contributed by atoms with Crippen LogP contribution in [0, 0.1) is 17.2 Å². The van der Waals surface area contributed by atoms with E-state index in [-0.39, 0.29) is 5.54 Å². The molecule has 15 heavy (non-hydrogen) atoms. The van der Waals surface area contributed by atoms with E-state index >= 15 is 0 Å². The van der Waals surface area contributed by atoms with Crippen LogP contribution in [-0.2, 0) is 0 Å². The van der Waals surface area contributed by atoms with Crippen LogP contribution in [0.3, 0.4) is 0 Å². The van der Waals surface area contributed by atoms with Crippen LogP contribution in [0.15, 0.2) is 0 Å². The number of nitrogens with zero attached hydrogens (tertiary/aromatic N) is 2. The second kappa shape index (κ2) is 4.11. The largest absolute Gasteiger partial charge is 0.303 e. The number of hydrogen-bond acceptors (Lipinski definition) is 3. The topological polar surface area (TPSA) is 39.1 Å². The molecule has 3 heteroatoms. The van der Waals surface area contributed by atoms with Crippen LogP contribution >= 0.6 is 0 Å². The molecule has 1 saturated heterocycles. The zero-order valence-corrected chi connectivity index (χ0v) is 9.79. The minimum Gasteiger partial charge on any atom is -0.303 e. The molecule has 1 aliphatic carbocycles. The maximum Gasteiger partial charge on any atom is 0.109 e. The molecule has 0 aromatic carbocycles. The van der Waals surface area contributed by atoms with E-state index < -0.39 is 0 Å². The van der Waals surface area contributed by atoms with E-state index in [4.69, 9.17) is 0 Å². The quantitative estimate of drug-likeness (QED) is 0.759. The van der Waals surface area contributed by atoms with E-state index in [0.29, 0.717) is 6.04 Å². The Morgan fingerprint density at radius 3 is 2.80 bits per heavy atom. The van der Waals surface area contributed by atoms with Gasteiger partial charge in [0.15, 0.2) is 0 Å². The summed E-state index contributed by atoms with van der Waals surface area (Å²) < 4.78 is 0. The highest BCUT2D eigenvalue weighted by Gasteiger charge is 2.38. The van der Waals surface area contributed by atoms with E-state index in [2.05, 4.69) is 30.3 Å². The van der Waals surface area contributed by atoms with Crippen LogP contribution in [0.5, 0.6) is 0 Å². The molecule has 2 unspecified atom stereocenters. The molecular formula is C12H21N3. The van der Waals surface area contributed by atoms with Crippen molar-refractivity contribution in [2.24, 2.45) is 5.92 Å². The number of likely N-dealkylation sites (tertiary alicyclic amines) is 1. The monoisotopic (exact) mass is 207 g/mol. The van der Waals surface area contributed by atoms with Gasteiger partial charge in [-0.3, -0.25) is 5.32 Å².